The van der Waals surface area contributed by atoms with Crippen molar-refractivity contribution in [2.75, 3.05) is 18.5 Å². The van der Waals surface area contributed by atoms with E-state index in [0.717, 1.165) is 33.5 Å². The number of hydrogen-bond acceptors (Lipinski definition) is 4. The fourth-order valence-electron chi connectivity index (χ4n) is 2.77. The van der Waals surface area contributed by atoms with E-state index in [1.807, 2.05) is 48.5 Å². The Labute approximate surface area is 134 Å². The lowest BCUT2D eigenvalue weighted by Crippen LogP contribution is -2.15. The standard InChI is InChI=1S/C19H17NO3/c21-17-10-14-4-2-1-3-13(14)9-15(17)12-20-16-5-6-18-19(11-16)23-8-7-22-18/h1-6,9-11,20-21H,7-8,12H2. The molecule has 0 aliphatic carbocycles. The van der Waals surface area contributed by atoms with Gasteiger partial charge in [0, 0.05) is 23.9 Å². The fraction of sp³-hybridized carbons (Fsp3) is 0.158. The van der Waals surface area contributed by atoms with Gasteiger partial charge < -0.3 is 19.9 Å². The van der Waals surface area contributed by atoms with Gasteiger partial charge in [-0.1, -0.05) is 24.3 Å². The van der Waals surface area contributed by atoms with Crippen molar-refractivity contribution in [2.45, 2.75) is 6.54 Å². The van der Waals surface area contributed by atoms with Gasteiger partial charge in [-0.3, -0.25) is 0 Å². The zero-order chi connectivity index (χ0) is 15.6. The van der Waals surface area contributed by atoms with Gasteiger partial charge in [-0.2, -0.15) is 0 Å². The highest BCUT2D eigenvalue weighted by Crippen LogP contribution is 2.33. The monoisotopic (exact) mass is 307 g/mol. The molecular formula is C19H17NO3. The molecule has 4 nitrogen and oxygen atoms in total. The van der Waals surface area contributed by atoms with Gasteiger partial charge in [0.2, 0.25) is 0 Å². The lowest BCUT2D eigenvalue weighted by atomic mass is 10.1. The summed E-state index contributed by atoms with van der Waals surface area (Å²) >= 11 is 0. The first-order chi connectivity index (χ1) is 11.3. The number of rotatable bonds is 3. The highest BCUT2D eigenvalue weighted by atomic mass is 16.6. The lowest BCUT2D eigenvalue weighted by molar-refractivity contribution is 0.171. The Morgan fingerprint density at radius 3 is 2.43 bits per heavy atom. The van der Waals surface area contributed by atoms with Crippen LogP contribution in [0.4, 0.5) is 5.69 Å². The third-order valence-corrected chi connectivity index (χ3v) is 3.97. The van der Waals surface area contributed by atoms with Crippen LogP contribution < -0.4 is 14.8 Å². The van der Waals surface area contributed by atoms with E-state index in [0.29, 0.717) is 25.5 Å². The lowest BCUT2D eigenvalue weighted by Gasteiger charge is -2.19. The van der Waals surface area contributed by atoms with E-state index >= 15 is 0 Å². The van der Waals surface area contributed by atoms with Gasteiger partial charge in [0.15, 0.2) is 11.5 Å². The number of phenolic OH excluding ortho intramolecular Hbond substituents is 1. The second-order valence-corrected chi connectivity index (χ2v) is 5.54. The average Bonchev–Trinajstić information content (AvgIpc) is 2.59. The first-order valence-corrected chi connectivity index (χ1v) is 7.64. The molecule has 0 spiro atoms. The molecule has 1 aliphatic heterocycles. The Hall–Kier alpha value is -2.88. The number of ether oxygens (including phenoxy) is 2. The molecule has 0 saturated heterocycles. The maximum Gasteiger partial charge on any atom is 0.163 e. The second kappa shape index (κ2) is 5.72. The quantitative estimate of drug-likeness (QED) is 0.770. The van der Waals surface area contributed by atoms with Crippen molar-refractivity contribution in [1.82, 2.24) is 0 Å². The molecule has 0 saturated carbocycles. The Bertz CT molecular complexity index is 860. The molecule has 4 rings (SSSR count). The second-order valence-electron chi connectivity index (χ2n) is 5.54. The van der Waals surface area contributed by atoms with Crippen LogP contribution in [0.3, 0.4) is 0 Å². The van der Waals surface area contributed by atoms with Gasteiger partial charge in [0.05, 0.1) is 0 Å². The van der Waals surface area contributed by atoms with E-state index in [1.54, 1.807) is 6.07 Å². The summed E-state index contributed by atoms with van der Waals surface area (Å²) in [7, 11) is 0. The largest absolute Gasteiger partial charge is 0.508 e. The molecular weight excluding hydrogens is 290 g/mol. The summed E-state index contributed by atoms with van der Waals surface area (Å²) < 4.78 is 11.1. The number of phenols is 1. The zero-order valence-corrected chi connectivity index (χ0v) is 12.6. The van der Waals surface area contributed by atoms with E-state index in [-0.39, 0.29) is 0 Å². The highest BCUT2D eigenvalue weighted by Gasteiger charge is 2.12. The van der Waals surface area contributed by atoms with Crippen LogP contribution in [0, 0.1) is 0 Å². The van der Waals surface area contributed by atoms with Crippen molar-refractivity contribution in [3.05, 3.63) is 60.2 Å². The maximum absolute atomic E-state index is 10.2. The molecule has 116 valence electrons. The molecule has 0 radical (unpaired) electrons. The average molecular weight is 307 g/mol. The molecule has 4 heteroatoms. The fourth-order valence-corrected chi connectivity index (χ4v) is 2.77. The topological polar surface area (TPSA) is 50.7 Å². The highest BCUT2D eigenvalue weighted by molar-refractivity contribution is 5.85. The Kier molecular flexibility index (Phi) is 3.42. The molecule has 0 atom stereocenters. The summed E-state index contributed by atoms with van der Waals surface area (Å²) in [6, 6.07) is 17.6. The van der Waals surface area contributed by atoms with Crippen molar-refractivity contribution in [1.29, 1.82) is 0 Å². The van der Waals surface area contributed by atoms with Crippen molar-refractivity contribution in [3.63, 3.8) is 0 Å². The third kappa shape index (κ3) is 2.75. The maximum atomic E-state index is 10.2. The number of aromatic hydroxyl groups is 1. The Morgan fingerprint density at radius 2 is 1.61 bits per heavy atom. The summed E-state index contributed by atoms with van der Waals surface area (Å²) in [5, 5.41) is 15.7. The van der Waals surface area contributed by atoms with Crippen molar-refractivity contribution < 1.29 is 14.6 Å². The van der Waals surface area contributed by atoms with Crippen molar-refractivity contribution in [2.24, 2.45) is 0 Å². The smallest absolute Gasteiger partial charge is 0.163 e. The molecule has 3 aromatic carbocycles. The van der Waals surface area contributed by atoms with Crippen LogP contribution in [0.25, 0.3) is 10.8 Å². The van der Waals surface area contributed by atoms with Crippen LogP contribution in [0.1, 0.15) is 5.56 Å². The van der Waals surface area contributed by atoms with Crippen molar-refractivity contribution >= 4 is 16.5 Å². The van der Waals surface area contributed by atoms with Crippen LogP contribution in [-0.4, -0.2) is 18.3 Å². The van der Waals surface area contributed by atoms with Gasteiger partial charge in [-0.15, -0.1) is 0 Å². The van der Waals surface area contributed by atoms with E-state index in [2.05, 4.69) is 5.32 Å². The third-order valence-electron chi connectivity index (χ3n) is 3.97. The Morgan fingerprint density at radius 1 is 0.870 bits per heavy atom. The van der Waals surface area contributed by atoms with E-state index in [9.17, 15) is 5.11 Å². The summed E-state index contributed by atoms with van der Waals surface area (Å²) in [6.45, 7) is 1.70. The molecule has 0 bridgehead atoms. The summed E-state index contributed by atoms with van der Waals surface area (Å²) in [5.41, 5.74) is 1.79. The molecule has 0 aromatic heterocycles. The Balaban J connectivity index is 1.56. The van der Waals surface area contributed by atoms with Crippen LogP contribution in [0.5, 0.6) is 17.2 Å². The number of fused-ring (bicyclic) bond motifs is 2. The van der Waals surface area contributed by atoms with E-state index in [4.69, 9.17) is 9.47 Å². The SMILES string of the molecule is Oc1cc2ccccc2cc1CNc1ccc2c(c1)OCCO2. The van der Waals surface area contributed by atoms with Crippen LogP contribution in [0.15, 0.2) is 54.6 Å². The minimum absolute atomic E-state index is 0.300. The van der Waals surface area contributed by atoms with Crippen molar-refractivity contribution in [3.8, 4) is 17.2 Å². The number of anilines is 1. The minimum Gasteiger partial charge on any atom is -0.508 e. The first kappa shape index (κ1) is 13.8. The summed E-state index contributed by atoms with van der Waals surface area (Å²) in [4.78, 5) is 0. The molecule has 23 heavy (non-hydrogen) atoms. The molecule has 0 fully saturated rings. The van der Waals surface area contributed by atoms with Crippen LogP contribution in [-0.2, 0) is 6.54 Å². The predicted molar refractivity (Wildman–Crippen MR) is 90.4 cm³/mol. The molecule has 3 aromatic rings. The predicted octanol–water partition coefficient (Wildman–Crippen LogP) is 3.93. The van der Waals surface area contributed by atoms with Gasteiger partial charge in [-0.05, 0) is 35.0 Å². The molecule has 2 N–H and O–H groups in total. The normalized spacial score (nSPS) is 13.0. The number of hydrogen-bond donors (Lipinski definition) is 2. The van der Waals surface area contributed by atoms with E-state index in [1.165, 1.54) is 0 Å². The molecule has 0 unspecified atom stereocenters. The minimum atomic E-state index is 0.300. The number of nitrogens with one attached hydrogen (secondary N) is 1. The van der Waals surface area contributed by atoms with Crippen LogP contribution >= 0.6 is 0 Å². The summed E-state index contributed by atoms with van der Waals surface area (Å²) in [5.74, 6) is 1.83. The summed E-state index contributed by atoms with van der Waals surface area (Å²) in [6.07, 6.45) is 0. The van der Waals surface area contributed by atoms with E-state index < -0.39 is 0 Å². The zero-order valence-electron chi connectivity index (χ0n) is 12.6. The number of benzene rings is 3. The molecule has 0 amide bonds. The van der Waals surface area contributed by atoms with Gasteiger partial charge in [0.1, 0.15) is 19.0 Å². The first-order valence-electron chi connectivity index (χ1n) is 7.64. The van der Waals surface area contributed by atoms with Gasteiger partial charge >= 0.3 is 0 Å². The van der Waals surface area contributed by atoms with Gasteiger partial charge in [0.25, 0.3) is 0 Å². The van der Waals surface area contributed by atoms with Gasteiger partial charge in [-0.25, -0.2) is 0 Å². The van der Waals surface area contributed by atoms with Crippen LogP contribution in [0.2, 0.25) is 0 Å². The molecule has 1 aliphatic rings. The molecule has 1 heterocycles.